The Morgan fingerprint density at radius 1 is 1.19 bits per heavy atom. The Bertz CT molecular complexity index is 878. The molecule has 0 atom stereocenters. The number of amides is 2. The average molecular weight is 364 g/mol. The maximum Gasteiger partial charge on any atom is 0.317 e. The Kier molecular flexibility index (Phi) is 4.96. The van der Waals surface area contributed by atoms with Gasteiger partial charge in [0.25, 0.3) is 0 Å². The van der Waals surface area contributed by atoms with Gasteiger partial charge in [-0.3, -0.25) is 0 Å². The molecular weight excluding hydrogens is 340 g/mol. The third-order valence-electron chi connectivity index (χ3n) is 5.18. The number of likely N-dealkylation sites (tertiary alicyclic amines) is 1. The van der Waals surface area contributed by atoms with Crippen molar-refractivity contribution in [3.63, 3.8) is 0 Å². The summed E-state index contributed by atoms with van der Waals surface area (Å²) in [5, 5.41) is 3.00. The Morgan fingerprint density at radius 2 is 1.93 bits per heavy atom. The Hall–Kier alpha value is -3.02. The summed E-state index contributed by atoms with van der Waals surface area (Å²) in [7, 11) is 1.64. The number of aromatic nitrogens is 2. The smallest absolute Gasteiger partial charge is 0.317 e. The van der Waals surface area contributed by atoms with Crippen LogP contribution in [0.15, 0.2) is 48.5 Å². The van der Waals surface area contributed by atoms with Gasteiger partial charge in [0.05, 0.1) is 18.1 Å². The van der Waals surface area contributed by atoms with Crippen LogP contribution in [0.5, 0.6) is 5.75 Å². The van der Waals surface area contributed by atoms with Crippen LogP contribution in [0.1, 0.15) is 30.1 Å². The van der Waals surface area contributed by atoms with E-state index >= 15 is 0 Å². The van der Waals surface area contributed by atoms with Crippen LogP contribution < -0.4 is 10.1 Å². The van der Waals surface area contributed by atoms with Crippen LogP contribution in [0.4, 0.5) is 4.79 Å². The second kappa shape index (κ2) is 7.70. The van der Waals surface area contributed by atoms with Gasteiger partial charge in [0, 0.05) is 25.6 Å². The number of hydrogen-bond acceptors (Lipinski definition) is 3. The van der Waals surface area contributed by atoms with Crippen molar-refractivity contribution in [2.45, 2.75) is 25.3 Å². The number of hydrogen-bond donors (Lipinski definition) is 2. The molecule has 0 saturated carbocycles. The van der Waals surface area contributed by atoms with Gasteiger partial charge in [-0.25, -0.2) is 9.78 Å². The van der Waals surface area contributed by atoms with Gasteiger partial charge in [0.2, 0.25) is 0 Å². The third-order valence-corrected chi connectivity index (χ3v) is 5.18. The SMILES string of the molecule is COc1ccc(CNC(=O)N2CCC(c3nc4ccccc4[nH]3)CC2)cc1. The zero-order valence-corrected chi connectivity index (χ0v) is 15.4. The number of ether oxygens (including phenoxy) is 1. The number of carbonyl (C=O) groups is 1. The number of piperidine rings is 1. The zero-order valence-electron chi connectivity index (χ0n) is 15.4. The van der Waals surface area contributed by atoms with Crippen LogP contribution in [0, 0.1) is 0 Å². The summed E-state index contributed by atoms with van der Waals surface area (Å²) >= 11 is 0. The van der Waals surface area contributed by atoms with Crippen LogP contribution in [0.2, 0.25) is 0 Å². The quantitative estimate of drug-likeness (QED) is 0.742. The molecule has 2 N–H and O–H groups in total. The lowest BCUT2D eigenvalue weighted by atomic mass is 9.96. The van der Waals surface area contributed by atoms with Crippen molar-refractivity contribution in [3.05, 3.63) is 59.9 Å². The van der Waals surface area contributed by atoms with E-state index in [9.17, 15) is 4.79 Å². The zero-order chi connectivity index (χ0) is 18.6. The molecule has 0 radical (unpaired) electrons. The van der Waals surface area contributed by atoms with Crippen LogP contribution in [0.25, 0.3) is 11.0 Å². The van der Waals surface area contributed by atoms with E-state index in [-0.39, 0.29) is 6.03 Å². The van der Waals surface area contributed by atoms with E-state index in [1.54, 1.807) is 7.11 Å². The molecule has 1 aliphatic heterocycles. The average Bonchev–Trinajstić information content (AvgIpc) is 3.17. The maximum atomic E-state index is 12.4. The van der Waals surface area contributed by atoms with Gasteiger partial charge < -0.3 is 19.9 Å². The van der Waals surface area contributed by atoms with Crippen molar-refractivity contribution in [3.8, 4) is 5.75 Å². The number of benzene rings is 2. The van der Waals surface area contributed by atoms with E-state index in [4.69, 9.17) is 9.72 Å². The van der Waals surface area contributed by atoms with Gasteiger partial charge in [0.15, 0.2) is 0 Å². The van der Waals surface area contributed by atoms with Crippen molar-refractivity contribution in [2.75, 3.05) is 20.2 Å². The summed E-state index contributed by atoms with van der Waals surface area (Å²) in [6.45, 7) is 2.01. The van der Waals surface area contributed by atoms with E-state index in [0.717, 1.165) is 54.1 Å². The van der Waals surface area contributed by atoms with Gasteiger partial charge >= 0.3 is 6.03 Å². The Morgan fingerprint density at radius 3 is 2.63 bits per heavy atom. The highest BCUT2D eigenvalue weighted by molar-refractivity contribution is 5.75. The van der Waals surface area contributed by atoms with Gasteiger partial charge in [-0.05, 0) is 42.7 Å². The van der Waals surface area contributed by atoms with Crippen molar-refractivity contribution in [1.29, 1.82) is 0 Å². The molecule has 0 spiro atoms. The highest BCUT2D eigenvalue weighted by Crippen LogP contribution is 2.27. The number of carbonyl (C=O) groups excluding carboxylic acids is 1. The molecule has 1 fully saturated rings. The number of aromatic amines is 1. The lowest BCUT2D eigenvalue weighted by Crippen LogP contribution is -2.43. The summed E-state index contributed by atoms with van der Waals surface area (Å²) < 4.78 is 5.15. The summed E-state index contributed by atoms with van der Waals surface area (Å²) in [4.78, 5) is 22.5. The second-order valence-electron chi connectivity index (χ2n) is 6.91. The number of urea groups is 1. The summed E-state index contributed by atoms with van der Waals surface area (Å²) in [5.74, 6) is 2.23. The number of para-hydroxylation sites is 2. The molecule has 1 aliphatic rings. The number of nitrogens with one attached hydrogen (secondary N) is 2. The molecule has 2 heterocycles. The number of rotatable bonds is 4. The maximum absolute atomic E-state index is 12.4. The number of fused-ring (bicyclic) bond motifs is 1. The van der Waals surface area contributed by atoms with E-state index in [1.165, 1.54) is 0 Å². The van der Waals surface area contributed by atoms with Gasteiger partial charge in [-0.2, -0.15) is 0 Å². The summed E-state index contributed by atoms with van der Waals surface area (Å²) in [6.07, 6.45) is 1.85. The molecule has 0 bridgehead atoms. The van der Waals surface area contributed by atoms with Gasteiger partial charge in [0.1, 0.15) is 11.6 Å². The Labute approximate surface area is 158 Å². The fourth-order valence-corrected chi connectivity index (χ4v) is 3.55. The van der Waals surface area contributed by atoms with E-state index in [0.29, 0.717) is 12.5 Å². The number of methoxy groups -OCH3 is 1. The first-order chi connectivity index (χ1) is 13.2. The lowest BCUT2D eigenvalue weighted by Gasteiger charge is -2.31. The van der Waals surface area contributed by atoms with E-state index in [1.807, 2.05) is 53.4 Å². The summed E-state index contributed by atoms with van der Waals surface area (Å²) in [6, 6.07) is 15.8. The standard InChI is InChI=1S/C21H24N4O2/c1-27-17-8-6-15(7-9-17)14-22-21(26)25-12-10-16(11-13-25)20-23-18-4-2-3-5-19(18)24-20/h2-9,16H,10-14H2,1H3,(H,22,26)(H,23,24). The minimum atomic E-state index is -0.00567. The molecule has 2 aromatic carbocycles. The number of nitrogens with zero attached hydrogens (tertiary/aromatic N) is 2. The fourth-order valence-electron chi connectivity index (χ4n) is 3.55. The molecule has 2 amide bonds. The minimum absolute atomic E-state index is 0.00567. The lowest BCUT2D eigenvalue weighted by molar-refractivity contribution is 0.180. The molecule has 1 aromatic heterocycles. The Balaban J connectivity index is 1.29. The van der Waals surface area contributed by atoms with Crippen molar-refractivity contribution in [1.82, 2.24) is 20.2 Å². The first-order valence-corrected chi connectivity index (χ1v) is 9.33. The molecule has 1 saturated heterocycles. The van der Waals surface area contributed by atoms with Crippen LogP contribution in [0.3, 0.4) is 0 Å². The number of imidazole rings is 1. The molecule has 4 rings (SSSR count). The van der Waals surface area contributed by atoms with Crippen LogP contribution >= 0.6 is 0 Å². The van der Waals surface area contributed by atoms with Gasteiger partial charge in [-0.15, -0.1) is 0 Å². The summed E-state index contributed by atoms with van der Waals surface area (Å²) in [5.41, 5.74) is 3.14. The molecule has 0 unspecified atom stereocenters. The second-order valence-corrected chi connectivity index (χ2v) is 6.91. The third kappa shape index (κ3) is 3.89. The topological polar surface area (TPSA) is 70.2 Å². The predicted molar refractivity (Wildman–Crippen MR) is 105 cm³/mol. The molecule has 140 valence electrons. The van der Waals surface area contributed by atoms with Crippen molar-refractivity contribution >= 4 is 17.1 Å². The highest BCUT2D eigenvalue weighted by Gasteiger charge is 2.25. The first kappa shape index (κ1) is 17.4. The van der Waals surface area contributed by atoms with Crippen LogP contribution in [-0.4, -0.2) is 41.1 Å². The monoisotopic (exact) mass is 364 g/mol. The fraction of sp³-hybridized carbons (Fsp3) is 0.333. The molecular formula is C21H24N4O2. The first-order valence-electron chi connectivity index (χ1n) is 9.33. The molecule has 27 heavy (non-hydrogen) atoms. The highest BCUT2D eigenvalue weighted by atomic mass is 16.5. The molecule has 6 heteroatoms. The predicted octanol–water partition coefficient (Wildman–Crippen LogP) is 3.66. The molecule has 0 aliphatic carbocycles. The van der Waals surface area contributed by atoms with Crippen molar-refractivity contribution in [2.24, 2.45) is 0 Å². The van der Waals surface area contributed by atoms with E-state index < -0.39 is 0 Å². The van der Waals surface area contributed by atoms with E-state index in [2.05, 4.69) is 10.3 Å². The van der Waals surface area contributed by atoms with Gasteiger partial charge in [-0.1, -0.05) is 24.3 Å². The van der Waals surface area contributed by atoms with Crippen molar-refractivity contribution < 1.29 is 9.53 Å². The number of H-pyrrole nitrogens is 1. The largest absolute Gasteiger partial charge is 0.497 e. The molecule has 3 aromatic rings. The minimum Gasteiger partial charge on any atom is -0.497 e. The molecule has 6 nitrogen and oxygen atoms in total. The normalized spacial score (nSPS) is 15.1. The van der Waals surface area contributed by atoms with Crippen LogP contribution in [-0.2, 0) is 6.54 Å².